The first kappa shape index (κ1) is 12.1. The van der Waals surface area contributed by atoms with Crippen molar-refractivity contribution in [1.29, 1.82) is 0 Å². The van der Waals surface area contributed by atoms with Crippen LogP contribution in [0.25, 0.3) is 0 Å². The quantitative estimate of drug-likeness (QED) is 0.786. The Morgan fingerprint density at radius 1 is 1.41 bits per heavy atom. The summed E-state index contributed by atoms with van der Waals surface area (Å²) in [7, 11) is 1.54. The number of methoxy groups -OCH3 is 1. The van der Waals surface area contributed by atoms with E-state index >= 15 is 0 Å². The van der Waals surface area contributed by atoms with Gasteiger partial charge >= 0.3 is 0 Å². The Morgan fingerprint density at radius 2 is 2.24 bits per heavy atom. The molecule has 0 aliphatic heterocycles. The zero-order valence-electron chi connectivity index (χ0n) is 9.27. The molecule has 17 heavy (non-hydrogen) atoms. The number of halogens is 1. The number of carbonyl (C=O) groups excluding carboxylic acids is 1. The SMILES string of the molecule is COc1cc(Cl)ccc1C(=O)Cc1cccs1. The zero-order chi connectivity index (χ0) is 12.3. The first-order valence-corrected chi connectivity index (χ1v) is 6.35. The average Bonchev–Trinajstić information content (AvgIpc) is 2.81. The first-order valence-electron chi connectivity index (χ1n) is 5.10. The van der Waals surface area contributed by atoms with Crippen molar-refractivity contribution in [3.63, 3.8) is 0 Å². The number of ketones is 1. The maximum absolute atomic E-state index is 12.1. The minimum absolute atomic E-state index is 0.0426. The smallest absolute Gasteiger partial charge is 0.171 e. The van der Waals surface area contributed by atoms with E-state index in [2.05, 4.69) is 0 Å². The van der Waals surface area contributed by atoms with Gasteiger partial charge in [-0.05, 0) is 29.6 Å². The molecule has 0 bridgehead atoms. The van der Waals surface area contributed by atoms with Crippen LogP contribution in [0.15, 0.2) is 35.7 Å². The molecule has 0 saturated carbocycles. The van der Waals surface area contributed by atoms with Gasteiger partial charge in [0.15, 0.2) is 5.78 Å². The molecule has 0 unspecified atom stereocenters. The normalized spacial score (nSPS) is 10.2. The molecule has 0 spiro atoms. The maximum atomic E-state index is 12.1. The number of benzene rings is 1. The third-order valence-electron chi connectivity index (χ3n) is 2.38. The minimum atomic E-state index is 0.0426. The van der Waals surface area contributed by atoms with Gasteiger partial charge in [-0.3, -0.25) is 4.79 Å². The average molecular weight is 267 g/mol. The molecule has 4 heteroatoms. The first-order chi connectivity index (χ1) is 8.20. The Kier molecular flexibility index (Phi) is 3.82. The van der Waals surface area contributed by atoms with Crippen LogP contribution in [-0.4, -0.2) is 12.9 Å². The summed E-state index contributed by atoms with van der Waals surface area (Å²) in [6.07, 6.45) is 0.398. The number of rotatable bonds is 4. The molecule has 1 heterocycles. The fourth-order valence-corrected chi connectivity index (χ4v) is 2.43. The summed E-state index contributed by atoms with van der Waals surface area (Å²) in [5, 5.41) is 2.52. The van der Waals surface area contributed by atoms with Crippen molar-refractivity contribution >= 4 is 28.7 Å². The van der Waals surface area contributed by atoms with E-state index in [0.717, 1.165) is 4.88 Å². The Hall–Kier alpha value is -1.32. The van der Waals surface area contributed by atoms with Crippen molar-refractivity contribution in [1.82, 2.24) is 0 Å². The highest BCUT2D eigenvalue weighted by molar-refractivity contribution is 7.10. The number of ether oxygens (including phenoxy) is 1. The Morgan fingerprint density at radius 3 is 2.88 bits per heavy atom. The van der Waals surface area contributed by atoms with Gasteiger partial charge in [0, 0.05) is 16.3 Å². The van der Waals surface area contributed by atoms with E-state index in [0.29, 0.717) is 22.8 Å². The predicted molar refractivity (Wildman–Crippen MR) is 70.4 cm³/mol. The number of hydrogen-bond donors (Lipinski definition) is 0. The van der Waals surface area contributed by atoms with Crippen LogP contribution < -0.4 is 4.74 Å². The molecule has 2 nitrogen and oxygen atoms in total. The van der Waals surface area contributed by atoms with Crippen LogP contribution >= 0.6 is 22.9 Å². The summed E-state index contributed by atoms with van der Waals surface area (Å²) >= 11 is 7.43. The van der Waals surface area contributed by atoms with Gasteiger partial charge in [0.1, 0.15) is 5.75 Å². The molecule has 0 aliphatic carbocycles. The summed E-state index contributed by atoms with van der Waals surface area (Å²) < 4.78 is 5.16. The largest absolute Gasteiger partial charge is 0.496 e. The molecular formula is C13H11ClO2S. The van der Waals surface area contributed by atoms with Crippen LogP contribution in [0.2, 0.25) is 5.02 Å². The molecule has 0 saturated heterocycles. The summed E-state index contributed by atoms with van der Waals surface area (Å²) in [4.78, 5) is 13.1. The summed E-state index contributed by atoms with van der Waals surface area (Å²) in [5.41, 5.74) is 0.574. The molecule has 0 N–H and O–H groups in total. The van der Waals surface area contributed by atoms with Crippen molar-refractivity contribution < 1.29 is 9.53 Å². The lowest BCUT2D eigenvalue weighted by atomic mass is 10.1. The van der Waals surface area contributed by atoms with E-state index in [1.165, 1.54) is 7.11 Å². The number of Topliss-reactive ketones (excluding diaryl/α,β-unsaturated/α-hetero) is 1. The summed E-state index contributed by atoms with van der Waals surface area (Å²) in [6.45, 7) is 0. The van der Waals surface area contributed by atoms with Crippen molar-refractivity contribution in [2.24, 2.45) is 0 Å². The lowest BCUT2D eigenvalue weighted by Gasteiger charge is -2.07. The van der Waals surface area contributed by atoms with Crippen molar-refractivity contribution in [3.05, 3.63) is 51.2 Å². The Labute approximate surface area is 109 Å². The molecule has 0 aliphatic rings. The van der Waals surface area contributed by atoms with Gasteiger partial charge in [0.2, 0.25) is 0 Å². The highest BCUT2D eigenvalue weighted by Gasteiger charge is 2.13. The fraction of sp³-hybridized carbons (Fsp3) is 0.154. The minimum Gasteiger partial charge on any atom is -0.496 e. The van der Waals surface area contributed by atoms with Gasteiger partial charge in [0.25, 0.3) is 0 Å². The monoisotopic (exact) mass is 266 g/mol. The molecule has 2 aromatic rings. The molecule has 2 rings (SSSR count). The second-order valence-electron chi connectivity index (χ2n) is 3.52. The highest BCUT2D eigenvalue weighted by Crippen LogP contribution is 2.25. The van der Waals surface area contributed by atoms with Crippen molar-refractivity contribution in [2.45, 2.75) is 6.42 Å². The number of carbonyl (C=O) groups is 1. The molecule has 88 valence electrons. The van der Waals surface area contributed by atoms with Crippen LogP contribution in [0.5, 0.6) is 5.75 Å². The van der Waals surface area contributed by atoms with E-state index in [1.54, 1.807) is 29.5 Å². The topological polar surface area (TPSA) is 26.3 Å². The van der Waals surface area contributed by atoms with Crippen LogP contribution in [0, 0.1) is 0 Å². The molecule has 0 atom stereocenters. The van der Waals surface area contributed by atoms with Gasteiger partial charge in [-0.25, -0.2) is 0 Å². The lowest BCUT2D eigenvalue weighted by molar-refractivity contribution is 0.0991. The predicted octanol–water partition coefficient (Wildman–Crippen LogP) is 3.84. The van der Waals surface area contributed by atoms with Crippen LogP contribution in [0.3, 0.4) is 0 Å². The summed E-state index contributed by atoms with van der Waals surface area (Å²) in [6, 6.07) is 8.95. The van der Waals surface area contributed by atoms with Crippen LogP contribution in [0.4, 0.5) is 0 Å². The summed E-state index contributed by atoms with van der Waals surface area (Å²) in [5.74, 6) is 0.569. The number of thiophene rings is 1. The molecule has 0 fully saturated rings. The highest BCUT2D eigenvalue weighted by atomic mass is 35.5. The van der Waals surface area contributed by atoms with Crippen LogP contribution in [-0.2, 0) is 6.42 Å². The van der Waals surface area contributed by atoms with Crippen molar-refractivity contribution in [2.75, 3.05) is 7.11 Å². The third-order valence-corrected chi connectivity index (χ3v) is 3.49. The Bertz CT molecular complexity index is 520. The van der Waals surface area contributed by atoms with Crippen molar-refractivity contribution in [3.8, 4) is 5.75 Å². The lowest BCUT2D eigenvalue weighted by Crippen LogP contribution is -2.04. The van der Waals surface area contributed by atoms with Gasteiger partial charge < -0.3 is 4.74 Å². The van der Waals surface area contributed by atoms with Gasteiger partial charge in [-0.1, -0.05) is 17.7 Å². The van der Waals surface area contributed by atoms with E-state index in [1.807, 2.05) is 17.5 Å². The van der Waals surface area contributed by atoms with E-state index in [9.17, 15) is 4.79 Å². The second kappa shape index (κ2) is 5.34. The van der Waals surface area contributed by atoms with Gasteiger partial charge in [0.05, 0.1) is 12.7 Å². The maximum Gasteiger partial charge on any atom is 0.171 e. The number of hydrogen-bond acceptors (Lipinski definition) is 3. The van der Waals surface area contributed by atoms with E-state index in [4.69, 9.17) is 16.3 Å². The third kappa shape index (κ3) is 2.87. The molecule has 0 amide bonds. The van der Waals surface area contributed by atoms with E-state index in [-0.39, 0.29) is 5.78 Å². The molecule has 1 aromatic carbocycles. The van der Waals surface area contributed by atoms with E-state index < -0.39 is 0 Å². The molecular weight excluding hydrogens is 256 g/mol. The Balaban J connectivity index is 2.24. The fourth-order valence-electron chi connectivity index (χ4n) is 1.56. The van der Waals surface area contributed by atoms with Gasteiger partial charge in [-0.15, -0.1) is 11.3 Å². The molecule has 0 radical (unpaired) electrons. The molecule has 1 aromatic heterocycles. The van der Waals surface area contributed by atoms with Gasteiger partial charge in [-0.2, -0.15) is 0 Å². The second-order valence-corrected chi connectivity index (χ2v) is 4.99. The van der Waals surface area contributed by atoms with Crippen LogP contribution in [0.1, 0.15) is 15.2 Å². The standard InChI is InChI=1S/C13H11ClO2S/c1-16-13-7-9(14)4-5-11(13)12(15)8-10-3-2-6-17-10/h2-7H,8H2,1H3. The zero-order valence-corrected chi connectivity index (χ0v) is 10.8.